The van der Waals surface area contributed by atoms with Gasteiger partial charge in [-0.25, -0.2) is 0 Å². The monoisotopic (exact) mass is 330 g/mol. The summed E-state index contributed by atoms with van der Waals surface area (Å²) >= 11 is 0. The average Bonchev–Trinajstić information content (AvgIpc) is 2.99. The van der Waals surface area contributed by atoms with Crippen molar-refractivity contribution in [1.29, 1.82) is 0 Å². The fourth-order valence-electron chi connectivity index (χ4n) is 4.21. The normalized spacial score (nSPS) is 24.0. The van der Waals surface area contributed by atoms with E-state index in [1.54, 1.807) is 30.0 Å². The third-order valence-corrected chi connectivity index (χ3v) is 5.47. The lowest BCUT2D eigenvalue weighted by Crippen LogP contribution is -2.61. The van der Waals surface area contributed by atoms with Crippen molar-refractivity contribution in [3.05, 3.63) is 29.3 Å². The molecule has 2 amide bonds. The molecule has 0 saturated carbocycles. The van der Waals surface area contributed by atoms with Gasteiger partial charge in [-0.3, -0.25) is 9.59 Å². The molecule has 1 spiro atoms. The van der Waals surface area contributed by atoms with Crippen molar-refractivity contribution >= 4 is 11.8 Å². The van der Waals surface area contributed by atoms with Gasteiger partial charge in [-0.05, 0) is 51.2 Å². The average molecular weight is 330 g/mol. The molecule has 0 bridgehead atoms. The number of aromatic hydroxyl groups is 1. The Bertz CT molecular complexity index is 656. The fourth-order valence-corrected chi connectivity index (χ4v) is 4.21. The maximum atomic E-state index is 13.1. The molecule has 0 radical (unpaired) electrons. The smallest absolute Gasteiger partial charge is 0.255 e. The molecule has 5 nitrogen and oxygen atoms in total. The molecule has 2 aliphatic rings. The molecule has 1 N–H and O–H groups in total. The molecule has 130 valence electrons. The largest absolute Gasteiger partial charge is 0.508 e. The summed E-state index contributed by atoms with van der Waals surface area (Å²) in [5.74, 6) is 0.100. The van der Waals surface area contributed by atoms with Crippen LogP contribution in [0, 0.1) is 6.92 Å². The van der Waals surface area contributed by atoms with Crippen LogP contribution >= 0.6 is 0 Å². The van der Waals surface area contributed by atoms with Gasteiger partial charge in [0.05, 0.1) is 0 Å². The molecule has 1 atom stereocenters. The molecule has 3 rings (SSSR count). The van der Waals surface area contributed by atoms with Crippen LogP contribution in [0.1, 0.15) is 54.9 Å². The van der Waals surface area contributed by atoms with E-state index >= 15 is 0 Å². The van der Waals surface area contributed by atoms with Crippen LogP contribution in [0.25, 0.3) is 0 Å². The maximum absolute atomic E-state index is 13.1. The van der Waals surface area contributed by atoms with Crippen LogP contribution in [0.3, 0.4) is 0 Å². The lowest BCUT2D eigenvalue weighted by Gasteiger charge is -2.44. The van der Waals surface area contributed by atoms with Crippen molar-refractivity contribution < 1.29 is 14.7 Å². The van der Waals surface area contributed by atoms with Gasteiger partial charge in [0.2, 0.25) is 5.91 Å². The topological polar surface area (TPSA) is 60.9 Å². The molecule has 0 aliphatic carbocycles. The first-order chi connectivity index (χ1) is 11.5. The number of amides is 2. The number of hydrogen-bond acceptors (Lipinski definition) is 3. The number of carbonyl (C=O) groups is 2. The highest BCUT2D eigenvalue weighted by Crippen LogP contribution is 2.39. The molecular formula is C19H26N2O3. The van der Waals surface area contributed by atoms with E-state index in [1.807, 2.05) is 4.90 Å². The van der Waals surface area contributed by atoms with Gasteiger partial charge in [0.15, 0.2) is 0 Å². The molecule has 1 unspecified atom stereocenters. The first-order valence-electron chi connectivity index (χ1n) is 8.91. The minimum absolute atomic E-state index is 0.110. The van der Waals surface area contributed by atoms with Crippen LogP contribution < -0.4 is 0 Å². The Labute approximate surface area is 143 Å². The fraction of sp³-hybridized carbons (Fsp3) is 0.579. The van der Waals surface area contributed by atoms with Crippen LogP contribution in [-0.2, 0) is 4.79 Å². The molecule has 5 heteroatoms. The van der Waals surface area contributed by atoms with Gasteiger partial charge in [0, 0.05) is 30.8 Å². The Morgan fingerprint density at radius 2 is 1.96 bits per heavy atom. The van der Waals surface area contributed by atoms with E-state index < -0.39 is 5.54 Å². The third kappa shape index (κ3) is 2.56. The third-order valence-electron chi connectivity index (χ3n) is 5.47. The van der Waals surface area contributed by atoms with Crippen LogP contribution in [0.2, 0.25) is 0 Å². The van der Waals surface area contributed by atoms with E-state index in [1.165, 1.54) is 0 Å². The van der Waals surface area contributed by atoms with Gasteiger partial charge < -0.3 is 14.9 Å². The molecule has 2 aliphatic heterocycles. The molecule has 1 aromatic carbocycles. The second kappa shape index (κ2) is 6.46. The van der Waals surface area contributed by atoms with Crippen molar-refractivity contribution in [3.63, 3.8) is 0 Å². The highest BCUT2D eigenvalue weighted by atomic mass is 16.3. The summed E-state index contributed by atoms with van der Waals surface area (Å²) in [4.78, 5) is 30.0. The summed E-state index contributed by atoms with van der Waals surface area (Å²) in [7, 11) is 0. The minimum Gasteiger partial charge on any atom is -0.508 e. The zero-order valence-corrected chi connectivity index (χ0v) is 14.5. The van der Waals surface area contributed by atoms with Crippen LogP contribution in [0.15, 0.2) is 18.2 Å². The van der Waals surface area contributed by atoms with Gasteiger partial charge in [-0.1, -0.05) is 13.0 Å². The zero-order chi connectivity index (χ0) is 17.3. The van der Waals surface area contributed by atoms with Crippen molar-refractivity contribution in [3.8, 4) is 5.75 Å². The molecule has 24 heavy (non-hydrogen) atoms. The summed E-state index contributed by atoms with van der Waals surface area (Å²) in [5, 5.41) is 9.91. The highest BCUT2D eigenvalue weighted by Gasteiger charge is 2.52. The quantitative estimate of drug-likeness (QED) is 0.927. The summed E-state index contributed by atoms with van der Waals surface area (Å²) in [6.45, 7) is 5.98. The molecule has 0 aromatic heterocycles. The Kier molecular flexibility index (Phi) is 4.52. The molecule has 2 fully saturated rings. The highest BCUT2D eigenvalue weighted by molar-refractivity contribution is 6.01. The first-order valence-corrected chi connectivity index (χ1v) is 8.91. The summed E-state index contributed by atoms with van der Waals surface area (Å²) in [6, 6.07) is 5.01. The van der Waals surface area contributed by atoms with E-state index in [2.05, 4.69) is 6.92 Å². The van der Waals surface area contributed by atoms with Crippen molar-refractivity contribution in [1.82, 2.24) is 9.80 Å². The number of nitrogens with zero attached hydrogens (tertiary/aromatic N) is 2. The molecule has 1 aromatic rings. The molecule has 2 heterocycles. The van der Waals surface area contributed by atoms with Gasteiger partial charge in [0.25, 0.3) is 5.91 Å². The predicted molar refractivity (Wildman–Crippen MR) is 92.0 cm³/mol. The van der Waals surface area contributed by atoms with Crippen molar-refractivity contribution in [2.75, 3.05) is 19.6 Å². The second-order valence-electron chi connectivity index (χ2n) is 6.94. The maximum Gasteiger partial charge on any atom is 0.255 e. The number of piperidine rings is 1. The SMILES string of the molecule is CCCN1CCCC2(CCCN2C(=O)c2cccc(O)c2C)C1=O. The number of benzene rings is 1. The number of carbonyl (C=O) groups excluding carboxylic acids is 2. The van der Waals surface area contributed by atoms with Gasteiger partial charge in [0.1, 0.15) is 11.3 Å². The zero-order valence-electron chi connectivity index (χ0n) is 14.5. The Hall–Kier alpha value is -2.04. The number of hydrogen-bond donors (Lipinski definition) is 1. The lowest BCUT2D eigenvalue weighted by atomic mass is 9.84. The number of phenols is 1. The summed E-state index contributed by atoms with van der Waals surface area (Å²) in [5.41, 5.74) is 0.400. The Morgan fingerprint density at radius 3 is 2.67 bits per heavy atom. The molecular weight excluding hydrogens is 304 g/mol. The number of rotatable bonds is 3. The van der Waals surface area contributed by atoms with Crippen LogP contribution in [0.4, 0.5) is 0 Å². The summed E-state index contributed by atoms with van der Waals surface area (Å²) < 4.78 is 0. The number of likely N-dealkylation sites (tertiary alicyclic amines) is 2. The van der Waals surface area contributed by atoms with Gasteiger partial charge >= 0.3 is 0 Å². The van der Waals surface area contributed by atoms with E-state index in [9.17, 15) is 14.7 Å². The Morgan fingerprint density at radius 1 is 1.25 bits per heavy atom. The van der Waals surface area contributed by atoms with Crippen molar-refractivity contribution in [2.45, 2.75) is 51.5 Å². The van der Waals surface area contributed by atoms with Gasteiger partial charge in [-0.2, -0.15) is 0 Å². The molecule has 2 saturated heterocycles. The predicted octanol–water partition coefficient (Wildman–Crippen LogP) is 2.71. The van der Waals surface area contributed by atoms with E-state index in [-0.39, 0.29) is 17.6 Å². The lowest BCUT2D eigenvalue weighted by molar-refractivity contribution is -0.145. The summed E-state index contributed by atoms with van der Waals surface area (Å²) in [6.07, 6.45) is 4.22. The van der Waals surface area contributed by atoms with Crippen LogP contribution in [0.5, 0.6) is 5.75 Å². The Balaban J connectivity index is 1.94. The standard InChI is InChI=1S/C19H26N2O3/c1-3-11-20-12-5-9-19(18(20)24)10-6-13-21(19)17(23)15-7-4-8-16(22)14(15)2/h4,7-8,22H,3,5-6,9-13H2,1-2H3. The van der Waals surface area contributed by atoms with E-state index in [0.29, 0.717) is 17.7 Å². The van der Waals surface area contributed by atoms with Gasteiger partial charge in [-0.15, -0.1) is 0 Å². The number of phenolic OH excluding ortho intramolecular Hbond substituents is 1. The van der Waals surface area contributed by atoms with Crippen LogP contribution in [-0.4, -0.2) is 51.9 Å². The van der Waals surface area contributed by atoms with E-state index in [4.69, 9.17) is 0 Å². The minimum atomic E-state index is -0.678. The van der Waals surface area contributed by atoms with E-state index in [0.717, 1.165) is 45.2 Å². The second-order valence-corrected chi connectivity index (χ2v) is 6.94. The van der Waals surface area contributed by atoms with Crippen molar-refractivity contribution in [2.24, 2.45) is 0 Å². The first kappa shape index (κ1) is 16.8.